The Labute approximate surface area is 148 Å². The topological polar surface area (TPSA) is 72.9 Å². The van der Waals surface area contributed by atoms with Crippen LogP contribution in [-0.4, -0.2) is 34.4 Å². The number of benzene rings is 1. The van der Waals surface area contributed by atoms with E-state index in [-0.39, 0.29) is 0 Å². The van der Waals surface area contributed by atoms with Crippen LogP contribution in [0.2, 0.25) is 0 Å². The van der Waals surface area contributed by atoms with E-state index in [2.05, 4.69) is 15.2 Å². The predicted octanol–water partition coefficient (Wildman–Crippen LogP) is 3.69. The van der Waals surface area contributed by atoms with Gasteiger partial charge in [0.1, 0.15) is 11.0 Å². The van der Waals surface area contributed by atoms with Crippen LogP contribution in [0.5, 0.6) is 11.5 Å². The molecule has 25 heavy (non-hydrogen) atoms. The number of ether oxygens (including phenoxy) is 2. The summed E-state index contributed by atoms with van der Waals surface area (Å²) in [5, 5.41) is 9.14. The van der Waals surface area contributed by atoms with Crippen LogP contribution in [-0.2, 0) is 6.42 Å². The molecule has 1 aromatic carbocycles. The van der Waals surface area contributed by atoms with E-state index in [1.165, 1.54) is 0 Å². The number of H-pyrrole nitrogens is 1. The van der Waals surface area contributed by atoms with Crippen molar-refractivity contribution < 1.29 is 9.47 Å². The number of aromatic nitrogens is 4. The molecule has 126 valence electrons. The molecule has 0 saturated heterocycles. The van der Waals surface area contributed by atoms with E-state index in [9.17, 15) is 0 Å². The highest BCUT2D eigenvalue weighted by atomic mass is 32.1. The van der Waals surface area contributed by atoms with E-state index in [0.29, 0.717) is 17.9 Å². The molecule has 6 nitrogen and oxygen atoms in total. The smallest absolute Gasteiger partial charge is 0.170 e. The van der Waals surface area contributed by atoms with Gasteiger partial charge in [-0.3, -0.25) is 5.10 Å². The second kappa shape index (κ2) is 6.52. The molecule has 0 atom stereocenters. The number of nitrogens with zero attached hydrogens (tertiary/aromatic N) is 3. The normalized spacial score (nSPS) is 11.0. The summed E-state index contributed by atoms with van der Waals surface area (Å²) in [5.74, 6) is 2.13. The molecule has 7 heteroatoms. The molecule has 1 N–H and O–H groups in total. The third kappa shape index (κ3) is 2.94. The third-order valence-electron chi connectivity index (χ3n) is 3.94. The summed E-state index contributed by atoms with van der Waals surface area (Å²) >= 11 is 1.62. The zero-order chi connectivity index (χ0) is 17.2. The van der Waals surface area contributed by atoms with Crippen LogP contribution in [0, 0.1) is 0 Å². The fourth-order valence-electron chi connectivity index (χ4n) is 2.73. The van der Waals surface area contributed by atoms with E-state index in [1.54, 1.807) is 31.8 Å². The van der Waals surface area contributed by atoms with Gasteiger partial charge in [-0.25, -0.2) is 9.97 Å². The van der Waals surface area contributed by atoms with Crippen molar-refractivity contribution in [3.8, 4) is 22.2 Å². The number of nitrogens with one attached hydrogen (secondary N) is 1. The fraction of sp³-hybridized carbons (Fsp3) is 0.167. The van der Waals surface area contributed by atoms with Gasteiger partial charge in [0.15, 0.2) is 17.3 Å². The zero-order valence-electron chi connectivity index (χ0n) is 13.8. The van der Waals surface area contributed by atoms with E-state index in [0.717, 1.165) is 33.0 Å². The summed E-state index contributed by atoms with van der Waals surface area (Å²) in [5.41, 5.74) is 3.64. The van der Waals surface area contributed by atoms with Crippen LogP contribution < -0.4 is 9.47 Å². The second-order valence-corrected chi connectivity index (χ2v) is 6.42. The van der Waals surface area contributed by atoms with Gasteiger partial charge in [-0.15, -0.1) is 11.3 Å². The van der Waals surface area contributed by atoms with Crippen LogP contribution in [0.4, 0.5) is 0 Å². The highest BCUT2D eigenvalue weighted by Gasteiger charge is 2.13. The van der Waals surface area contributed by atoms with Gasteiger partial charge >= 0.3 is 0 Å². The Kier molecular flexibility index (Phi) is 4.07. The number of rotatable bonds is 5. The molecule has 0 radical (unpaired) electrons. The molecule has 0 amide bonds. The molecule has 0 unspecified atom stereocenters. The van der Waals surface area contributed by atoms with Gasteiger partial charge in [0.25, 0.3) is 0 Å². The molecular weight excluding hydrogens is 336 g/mol. The Balaban J connectivity index is 1.77. The summed E-state index contributed by atoms with van der Waals surface area (Å²) in [6, 6.07) is 9.90. The Morgan fingerprint density at radius 1 is 1.08 bits per heavy atom. The first-order valence-electron chi connectivity index (χ1n) is 7.73. The summed E-state index contributed by atoms with van der Waals surface area (Å²) in [4.78, 5) is 10.4. The molecule has 0 aliphatic rings. The largest absolute Gasteiger partial charge is 0.493 e. The van der Waals surface area contributed by atoms with E-state index in [4.69, 9.17) is 14.5 Å². The van der Waals surface area contributed by atoms with Crippen LogP contribution in [0.3, 0.4) is 0 Å². The van der Waals surface area contributed by atoms with Crippen molar-refractivity contribution in [1.29, 1.82) is 0 Å². The highest BCUT2D eigenvalue weighted by molar-refractivity contribution is 7.13. The number of hydrogen-bond acceptors (Lipinski definition) is 6. The van der Waals surface area contributed by atoms with Crippen molar-refractivity contribution in [3.63, 3.8) is 0 Å². The first-order chi connectivity index (χ1) is 12.3. The minimum Gasteiger partial charge on any atom is -0.493 e. The number of hydrogen-bond donors (Lipinski definition) is 1. The van der Waals surface area contributed by atoms with Gasteiger partial charge in [-0.2, -0.15) is 5.10 Å². The molecule has 3 aromatic heterocycles. The summed E-state index contributed by atoms with van der Waals surface area (Å²) in [7, 11) is 3.26. The standard InChI is InChI=1S/C18H16N4O2S/c1-23-14-6-5-11(9-15(14)24-2)8-12-17-13(10-19-22-17)21-18(20-12)16-4-3-7-25-16/h3-7,9-10H,8H2,1-2H3,(H,19,22). The van der Waals surface area contributed by atoms with Crippen molar-refractivity contribution in [2.75, 3.05) is 14.2 Å². The molecule has 0 saturated carbocycles. The lowest BCUT2D eigenvalue weighted by Crippen LogP contribution is -1.99. The lowest BCUT2D eigenvalue weighted by Gasteiger charge is -2.10. The van der Waals surface area contributed by atoms with Gasteiger partial charge in [0, 0.05) is 6.42 Å². The Morgan fingerprint density at radius 2 is 1.96 bits per heavy atom. The molecule has 4 rings (SSSR count). The molecule has 0 spiro atoms. The van der Waals surface area contributed by atoms with Gasteiger partial charge in [-0.1, -0.05) is 12.1 Å². The molecule has 4 aromatic rings. The first-order valence-corrected chi connectivity index (χ1v) is 8.61. The number of methoxy groups -OCH3 is 2. The van der Waals surface area contributed by atoms with Gasteiger partial charge in [0.2, 0.25) is 0 Å². The van der Waals surface area contributed by atoms with Gasteiger partial charge in [-0.05, 0) is 29.1 Å². The lowest BCUT2D eigenvalue weighted by atomic mass is 10.1. The fourth-order valence-corrected chi connectivity index (χ4v) is 3.39. The average Bonchev–Trinajstić information content (AvgIpc) is 3.33. The van der Waals surface area contributed by atoms with Crippen LogP contribution in [0.1, 0.15) is 11.3 Å². The number of aromatic amines is 1. The molecular formula is C18H16N4O2S. The van der Waals surface area contributed by atoms with E-state index in [1.807, 2.05) is 35.7 Å². The molecule has 3 heterocycles. The Morgan fingerprint density at radius 3 is 2.72 bits per heavy atom. The number of fused-ring (bicyclic) bond motifs is 1. The maximum absolute atomic E-state index is 5.39. The summed E-state index contributed by atoms with van der Waals surface area (Å²) in [6.07, 6.45) is 2.37. The first kappa shape index (κ1) is 15.6. The zero-order valence-corrected chi connectivity index (χ0v) is 14.6. The third-order valence-corrected chi connectivity index (χ3v) is 4.80. The van der Waals surface area contributed by atoms with Crippen molar-refractivity contribution in [2.24, 2.45) is 0 Å². The molecule has 0 aliphatic heterocycles. The Bertz CT molecular complexity index is 1010. The number of thiophene rings is 1. The molecule has 0 bridgehead atoms. The maximum Gasteiger partial charge on any atom is 0.170 e. The predicted molar refractivity (Wildman–Crippen MR) is 97.3 cm³/mol. The van der Waals surface area contributed by atoms with Crippen molar-refractivity contribution in [3.05, 3.63) is 53.2 Å². The SMILES string of the molecule is COc1ccc(Cc2nc(-c3cccs3)nc3cn[nH]c23)cc1OC. The maximum atomic E-state index is 5.39. The Hall–Kier alpha value is -2.93. The van der Waals surface area contributed by atoms with Crippen LogP contribution in [0.25, 0.3) is 21.7 Å². The van der Waals surface area contributed by atoms with Crippen molar-refractivity contribution >= 4 is 22.4 Å². The van der Waals surface area contributed by atoms with E-state index >= 15 is 0 Å². The average molecular weight is 352 g/mol. The minimum atomic E-state index is 0.639. The quantitative estimate of drug-likeness (QED) is 0.593. The van der Waals surface area contributed by atoms with E-state index < -0.39 is 0 Å². The molecule has 0 fully saturated rings. The lowest BCUT2D eigenvalue weighted by molar-refractivity contribution is 0.354. The van der Waals surface area contributed by atoms with Crippen molar-refractivity contribution in [2.45, 2.75) is 6.42 Å². The van der Waals surface area contributed by atoms with Gasteiger partial charge < -0.3 is 9.47 Å². The minimum absolute atomic E-state index is 0.639. The molecule has 0 aliphatic carbocycles. The highest BCUT2D eigenvalue weighted by Crippen LogP contribution is 2.30. The monoisotopic (exact) mass is 352 g/mol. The van der Waals surface area contributed by atoms with Crippen molar-refractivity contribution in [1.82, 2.24) is 20.2 Å². The second-order valence-electron chi connectivity index (χ2n) is 5.47. The van der Waals surface area contributed by atoms with Crippen LogP contribution in [0.15, 0.2) is 41.9 Å². The van der Waals surface area contributed by atoms with Crippen LogP contribution >= 0.6 is 11.3 Å². The van der Waals surface area contributed by atoms with Gasteiger partial charge in [0.05, 0.1) is 31.0 Å². The summed E-state index contributed by atoms with van der Waals surface area (Å²) in [6.45, 7) is 0. The summed E-state index contributed by atoms with van der Waals surface area (Å²) < 4.78 is 10.7.